The van der Waals surface area contributed by atoms with E-state index in [-0.39, 0.29) is 40.4 Å². The third-order valence-corrected chi connectivity index (χ3v) is 4.63. The number of nitro groups is 1. The van der Waals surface area contributed by atoms with Crippen molar-refractivity contribution in [2.45, 2.75) is 4.90 Å². The van der Waals surface area contributed by atoms with E-state index in [1.807, 2.05) is 0 Å². The number of sulfone groups is 1. The maximum atomic E-state index is 11.9. The minimum absolute atomic E-state index is 0.141. The molecule has 0 atom stereocenters. The fourth-order valence-electron chi connectivity index (χ4n) is 2.06. The molecule has 0 saturated carbocycles. The number of anilines is 1. The number of nitrogens with one attached hydrogen (secondary N) is 2. The normalized spacial score (nSPS) is 11.0. The van der Waals surface area contributed by atoms with Crippen molar-refractivity contribution in [3.63, 3.8) is 0 Å². The van der Waals surface area contributed by atoms with Crippen LogP contribution < -0.4 is 10.6 Å². The molecule has 11 heteroatoms. The number of carbonyl (C=O) groups excluding carboxylic acids is 1. The molecule has 0 aliphatic carbocycles. The molecule has 0 aliphatic heterocycles. The minimum Gasteiger partial charge on any atom is -0.378 e. The Morgan fingerprint density at radius 2 is 2.00 bits per heavy atom. The van der Waals surface area contributed by atoms with Gasteiger partial charge in [0.25, 0.3) is 11.6 Å². The molecule has 2 N–H and O–H groups in total. The number of amides is 1. The van der Waals surface area contributed by atoms with Crippen molar-refractivity contribution in [2.75, 3.05) is 24.7 Å². The van der Waals surface area contributed by atoms with E-state index in [4.69, 9.17) is 11.6 Å². The molecule has 1 aromatic carbocycles. The molecule has 2 rings (SSSR count). The SMILES string of the molecule is CS(=O)(=O)c1ccc(NCCNC(=O)c2ccnc(Cl)c2)c([N+](=O)[O-])c1. The van der Waals surface area contributed by atoms with Gasteiger partial charge in [-0.1, -0.05) is 11.6 Å². The summed E-state index contributed by atoms with van der Waals surface area (Å²) in [6, 6.07) is 6.51. The standard InChI is InChI=1S/C15H15ClN4O5S/c1-26(24,25)11-2-3-12(13(9-11)20(22)23)17-6-7-19-15(21)10-4-5-18-14(16)8-10/h2-5,8-9,17H,6-7H2,1H3,(H,19,21). The van der Waals surface area contributed by atoms with Crippen LogP contribution in [0, 0.1) is 10.1 Å². The topological polar surface area (TPSA) is 131 Å². The zero-order valence-corrected chi connectivity index (χ0v) is 15.2. The highest BCUT2D eigenvalue weighted by atomic mass is 35.5. The quantitative estimate of drug-likeness (QED) is 0.315. The molecule has 0 aliphatic rings. The van der Waals surface area contributed by atoms with Crippen LogP contribution in [-0.4, -0.2) is 43.6 Å². The molecule has 1 aromatic heterocycles. The molecule has 9 nitrogen and oxygen atoms in total. The third-order valence-electron chi connectivity index (χ3n) is 3.31. The number of nitrogens with zero attached hydrogens (tertiary/aromatic N) is 2. The van der Waals surface area contributed by atoms with Crippen molar-refractivity contribution in [3.8, 4) is 0 Å². The van der Waals surface area contributed by atoms with E-state index >= 15 is 0 Å². The van der Waals surface area contributed by atoms with E-state index in [1.165, 1.54) is 30.5 Å². The van der Waals surface area contributed by atoms with E-state index in [0.717, 1.165) is 12.3 Å². The molecule has 0 radical (unpaired) electrons. The molecule has 1 amide bonds. The van der Waals surface area contributed by atoms with Crippen LogP contribution in [0.15, 0.2) is 41.4 Å². The molecule has 0 spiro atoms. The Hall–Kier alpha value is -2.72. The average Bonchev–Trinajstić information content (AvgIpc) is 2.57. The lowest BCUT2D eigenvalue weighted by Gasteiger charge is -2.09. The first kappa shape index (κ1) is 19.6. The van der Waals surface area contributed by atoms with Crippen LogP contribution in [0.5, 0.6) is 0 Å². The molecule has 0 unspecified atom stereocenters. The van der Waals surface area contributed by atoms with E-state index in [9.17, 15) is 23.3 Å². The van der Waals surface area contributed by atoms with E-state index in [0.29, 0.717) is 5.56 Å². The third kappa shape index (κ3) is 5.14. The minimum atomic E-state index is -3.55. The first-order valence-electron chi connectivity index (χ1n) is 7.30. The van der Waals surface area contributed by atoms with Crippen LogP contribution in [0.1, 0.15) is 10.4 Å². The summed E-state index contributed by atoms with van der Waals surface area (Å²) in [6.07, 6.45) is 2.38. The number of rotatable bonds is 7. The predicted octanol–water partition coefficient (Wildman–Crippen LogP) is 1.89. The Morgan fingerprint density at radius 1 is 1.27 bits per heavy atom. The Kier molecular flexibility index (Phi) is 6.11. The summed E-state index contributed by atoms with van der Waals surface area (Å²) >= 11 is 5.71. The van der Waals surface area contributed by atoms with Crippen molar-refractivity contribution >= 4 is 38.7 Å². The zero-order valence-electron chi connectivity index (χ0n) is 13.6. The van der Waals surface area contributed by atoms with Gasteiger partial charge in [0.05, 0.1) is 9.82 Å². The van der Waals surface area contributed by atoms with Gasteiger partial charge in [-0.2, -0.15) is 0 Å². The van der Waals surface area contributed by atoms with Crippen molar-refractivity contribution < 1.29 is 18.1 Å². The molecule has 2 aromatic rings. The number of hydrogen-bond donors (Lipinski definition) is 2. The number of halogens is 1. The van der Waals surface area contributed by atoms with Gasteiger partial charge < -0.3 is 10.6 Å². The molecular weight excluding hydrogens is 384 g/mol. The van der Waals surface area contributed by atoms with Gasteiger partial charge in [-0.3, -0.25) is 14.9 Å². The summed E-state index contributed by atoms with van der Waals surface area (Å²) in [6.45, 7) is 0.382. The Morgan fingerprint density at radius 3 is 2.62 bits per heavy atom. The van der Waals surface area contributed by atoms with Gasteiger partial charge in [-0.15, -0.1) is 0 Å². The lowest BCUT2D eigenvalue weighted by molar-refractivity contribution is -0.384. The molecule has 0 fully saturated rings. The Labute approximate surface area is 154 Å². The van der Waals surface area contributed by atoms with E-state index in [2.05, 4.69) is 15.6 Å². The van der Waals surface area contributed by atoms with Gasteiger partial charge in [0.1, 0.15) is 10.8 Å². The number of aromatic nitrogens is 1. The number of nitro benzene ring substituents is 1. The molecule has 0 saturated heterocycles. The van der Waals surface area contributed by atoms with Gasteiger partial charge in [0.15, 0.2) is 9.84 Å². The second kappa shape index (κ2) is 8.11. The fourth-order valence-corrected chi connectivity index (χ4v) is 2.88. The Bertz CT molecular complexity index is 949. The predicted molar refractivity (Wildman–Crippen MR) is 96.3 cm³/mol. The number of hydrogen-bond acceptors (Lipinski definition) is 7. The average molecular weight is 399 g/mol. The smallest absolute Gasteiger partial charge is 0.293 e. The molecule has 26 heavy (non-hydrogen) atoms. The lowest BCUT2D eigenvalue weighted by Crippen LogP contribution is -2.28. The van der Waals surface area contributed by atoms with Crippen molar-refractivity contribution in [3.05, 3.63) is 57.4 Å². The fraction of sp³-hybridized carbons (Fsp3) is 0.200. The van der Waals surface area contributed by atoms with Crippen LogP contribution in [0.25, 0.3) is 0 Å². The maximum Gasteiger partial charge on any atom is 0.293 e. The molecule has 138 valence electrons. The van der Waals surface area contributed by atoms with Crippen LogP contribution in [-0.2, 0) is 9.84 Å². The zero-order chi connectivity index (χ0) is 19.3. The second-order valence-corrected chi connectivity index (χ2v) is 7.66. The monoisotopic (exact) mass is 398 g/mol. The van der Waals surface area contributed by atoms with Crippen LogP contribution >= 0.6 is 11.6 Å². The van der Waals surface area contributed by atoms with Crippen LogP contribution in [0.2, 0.25) is 5.15 Å². The summed E-state index contributed by atoms with van der Waals surface area (Å²) < 4.78 is 23.0. The maximum absolute atomic E-state index is 11.9. The number of pyridine rings is 1. The van der Waals surface area contributed by atoms with Crippen molar-refractivity contribution in [2.24, 2.45) is 0 Å². The van der Waals surface area contributed by atoms with Gasteiger partial charge in [0.2, 0.25) is 0 Å². The van der Waals surface area contributed by atoms with E-state index < -0.39 is 14.8 Å². The molecular formula is C15H15ClN4O5S. The number of benzene rings is 1. The first-order valence-corrected chi connectivity index (χ1v) is 9.57. The van der Waals surface area contributed by atoms with Gasteiger partial charge in [-0.05, 0) is 24.3 Å². The molecule has 0 bridgehead atoms. The summed E-state index contributed by atoms with van der Waals surface area (Å²) in [4.78, 5) is 26.0. The highest BCUT2D eigenvalue weighted by Gasteiger charge is 2.18. The highest BCUT2D eigenvalue weighted by Crippen LogP contribution is 2.27. The van der Waals surface area contributed by atoms with Crippen LogP contribution in [0.3, 0.4) is 0 Å². The number of carbonyl (C=O) groups is 1. The second-order valence-electron chi connectivity index (χ2n) is 5.26. The summed E-state index contributed by atoms with van der Waals surface area (Å²) in [5, 5.41) is 16.8. The van der Waals surface area contributed by atoms with E-state index in [1.54, 1.807) is 0 Å². The van der Waals surface area contributed by atoms with Gasteiger partial charge >= 0.3 is 0 Å². The van der Waals surface area contributed by atoms with Gasteiger partial charge in [0, 0.05) is 37.2 Å². The lowest BCUT2D eigenvalue weighted by atomic mass is 10.2. The molecule has 1 heterocycles. The van der Waals surface area contributed by atoms with Gasteiger partial charge in [-0.25, -0.2) is 13.4 Å². The van der Waals surface area contributed by atoms with Crippen LogP contribution in [0.4, 0.5) is 11.4 Å². The summed E-state index contributed by atoms with van der Waals surface area (Å²) in [5.41, 5.74) is 0.136. The highest BCUT2D eigenvalue weighted by molar-refractivity contribution is 7.90. The Balaban J connectivity index is 1.99. The summed E-state index contributed by atoms with van der Waals surface area (Å²) in [5.74, 6) is -0.363. The summed E-state index contributed by atoms with van der Waals surface area (Å²) in [7, 11) is -3.55. The largest absolute Gasteiger partial charge is 0.378 e. The van der Waals surface area contributed by atoms with Crippen molar-refractivity contribution in [1.82, 2.24) is 10.3 Å². The first-order chi connectivity index (χ1) is 12.2. The van der Waals surface area contributed by atoms with Crippen molar-refractivity contribution in [1.29, 1.82) is 0 Å².